The Morgan fingerprint density at radius 3 is 2.50 bits per heavy atom. The van der Waals surface area contributed by atoms with E-state index in [0.29, 0.717) is 18.7 Å². The second-order valence-electron chi connectivity index (χ2n) is 5.46. The average molecular weight is 226 g/mol. The van der Waals surface area contributed by atoms with E-state index in [0.717, 1.165) is 6.42 Å². The van der Waals surface area contributed by atoms with Crippen LogP contribution in [-0.4, -0.2) is 31.3 Å². The Labute approximate surface area is 99.1 Å². The van der Waals surface area contributed by atoms with Gasteiger partial charge in [-0.3, -0.25) is 0 Å². The number of nitrogens with two attached hydrogens (primary N) is 1. The molecule has 2 aliphatic carbocycles. The normalized spacial score (nSPS) is 36.8. The van der Waals surface area contributed by atoms with Crippen LogP contribution in [0, 0.1) is 0 Å². The molecule has 2 fully saturated rings. The maximum absolute atomic E-state index is 6.04. The molecule has 3 heteroatoms. The summed E-state index contributed by atoms with van der Waals surface area (Å²) in [5.41, 5.74) is 6.10. The molecule has 3 N–H and O–H groups in total. The van der Waals surface area contributed by atoms with E-state index in [2.05, 4.69) is 5.32 Å². The van der Waals surface area contributed by atoms with Crippen molar-refractivity contribution in [3.8, 4) is 0 Å². The summed E-state index contributed by atoms with van der Waals surface area (Å²) in [6.07, 6.45) is 10.6. The molecule has 0 aliphatic heterocycles. The highest BCUT2D eigenvalue weighted by Crippen LogP contribution is 2.32. The first-order chi connectivity index (χ1) is 7.80. The van der Waals surface area contributed by atoms with Gasteiger partial charge in [0.25, 0.3) is 0 Å². The van der Waals surface area contributed by atoms with Gasteiger partial charge in [0.15, 0.2) is 0 Å². The molecule has 2 unspecified atom stereocenters. The summed E-state index contributed by atoms with van der Waals surface area (Å²) in [6, 6.07) is 0.680. The van der Waals surface area contributed by atoms with Gasteiger partial charge in [-0.15, -0.1) is 0 Å². The zero-order valence-corrected chi connectivity index (χ0v) is 10.5. The molecule has 16 heavy (non-hydrogen) atoms. The van der Waals surface area contributed by atoms with Crippen LogP contribution < -0.4 is 11.1 Å². The van der Waals surface area contributed by atoms with Crippen LogP contribution in [0.15, 0.2) is 0 Å². The maximum Gasteiger partial charge on any atom is 0.0765 e. The van der Waals surface area contributed by atoms with E-state index in [1.165, 1.54) is 44.9 Å². The zero-order valence-electron chi connectivity index (χ0n) is 10.5. The van der Waals surface area contributed by atoms with Gasteiger partial charge >= 0.3 is 0 Å². The second-order valence-corrected chi connectivity index (χ2v) is 5.46. The quantitative estimate of drug-likeness (QED) is 0.768. The van der Waals surface area contributed by atoms with Crippen LogP contribution in [0.25, 0.3) is 0 Å². The fourth-order valence-electron chi connectivity index (χ4n) is 3.49. The third-order valence-electron chi connectivity index (χ3n) is 4.45. The SMILES string of the molecule is COC1CCCCC1(CN)NC1CCCC1. The van der Waals surface area contributed by atoms with Gasteiger partial charge < -0.3 is 15.8 Å². The van der Waals surface area contributed by atoms with Crippen molar-refractivity contribution in [2.24, 2.45) is 5.73 Å². The minimum Gasteiger partial charge on any atom is -0.379 e. The first-order valence-electron chi connectivity index (χ1n) is 6.81. The summed E-state index contributed by atoms with van der Waals surface area (Å²) in [4.78, 5) is 0. The second kappa shape index (κ2) is 5.48. The Kier molecular flexibility index (Phi) is 4.22. The van der Waals surface area contributed by atoms with Crippen LogP contribution in [0.2, 0.25) is 0 Å². The largest absolute Gasteiger partial charge is 0.379 e. The van der Waals surface area contributed by atoms with Crippen molar-refractivity contribution in [2.75, 3.05) is 13.7 Å². The molecule has 2 rings (SSSR count). The topological polar surface area (TPSA) is 47.3 Å². The van der Waals surface area contributed by atoms with Gasteiger partial charge in [0, 0.05) is 19.7 Å². The lowest BCUT2D eigenvalue weighted by molar-refractivity contribution is -0.0135. The Bertz CT molecular complexity index is 216. The molecule has 0 radical (unpaired) electrons. The number of rotatable bonds is 4. The number of ether oxygens (including phenoxy) is 1. The number of nitrogens with one attached hydrogen (secondary N) is 1. The van der Waals surface area contributed by atoms with E-state index in [1.54, 1.807) is 0 Å². The molecule has 0 bridgehead atoms. The van der Waals surface area contributed by atoms with E-state index in [4.69, 9.17) is 10.5 Å². The van der Waals surface area contributed by atoms with Crippen molar-refractivity contribution in [3.63, 3.8) is 0 Å². The molecule has 0 spiro atoms. The van der Waals surface area contributed by atoms with Gasteiger partial charge in [-0.25, -0.2) is 0 Å². The lowest BCUT2D eigenvalue weighted by Gasteiger charge is -2.45. The third kappa shape index (κ3) is 2.41. The summed E-state index contributed by atoms with van der Waals surface area (Å²) >= 11 is 0. The highest BCUT2D eigenvalue weighted by molar-refractivity contribution is 5.01. The minimum atomic E-state index is 0.0575. The lowest BCUT2D eigenvalue weighted by atomic mass is 9.78. The Morgan fingerprint density at radius 2 is 1.88 bits per heavy atom. The molecule has 0 heterocycles. The summed E-state index contributed by atoms with van der Waals surface area (Å²) in [5, 5.41) is 3.83. The minimum absolute atomic E-state index is 0.0575. The van der Waals surface area contributed by atoms with Crippen molar-refractivity contribution in [3.05, 3.63) is 0 Å². The Hall–Kier alpha value is -0.120. The van der Waals surface area contributed by atoms with Crippen LogP contribution in [0.3, 0.4) is 0 Å². The smallest absolute Gasteiger partial charge is 0.0765 e. The van der Waals surface area contributed by atoms with Crippen molar-refractivity contribution in [2.45, 2.75) is 69.1 Å². The fourth-order valence-corrected chi connectivity index (χ4v) is 3.49. The third-order valence-corrected chi connectivity index (χ3v) is 4.45. The molecule has 2 saturated carbocycles. The molecule has 0 saturated heterocycles. The maximum atomic E-state index is 6.04. The van der Waals surface area contributed by atoms with Crippen LogP contribution >= 0.6 is 0 Å². The van der Waals surface area contributed by atoms with Gasteiger partial charge in [-0.05, 0) is 25.7 Å². The van der Waals surface area contributed by atoms with Crippen molar-refractivity contribution in [1.82, 2.24) is 5.32 Å². The molecule has 0 aromatic heterocycles. The van der Waals surface area contributed by atoms with Crippen molar-refractivity contribution < 1.29 is 4.74 Å². The Morgan fingerprint density at radius 1 is 1.19 bits per heavy atom. The van der Waals surface area contributed by atoms with Crippen LogP contribution in [0.1, 0.15) is 51.4 Å². The van der Waals surface area contributed by atoms with E-state index in [-0.39, 0.29) is 5.54 Å². The molecule has 0 aromatic carbocycles. The summed E-state index contributed by atoms with van der Waals surface area (Å²) in [6.45, 7) is 0.710. The average Bonchev–Trinajstić information content (AvgIpc) is 2.82. The first-order valence-corrected chi connectivity index (χ1v) is 6.81. The van der Waals surface area contributed by atoms with Crippen LogP contribution in [0.4, 0.5) is 0 Å². The number of hydrogen-bond acceptors (Lipinski definition) is 3. The van der Waals surface area contributed by atoms with E-state index in [1.807, 2.05) is 7.11 Å². The summed E-state index contributed by atoms with van der Waals surface area (Å²) in [5.74, 6) is 0. The molecule has 0 aromatic rings. The molecule has 2 aliphatic rings. The molecule has 94 valence electrons. The van der Waals surface area contributed by atoms with Crippen molar-refractivity contribution in [1.29, 1.82) is 0 Å². The monoisotopic (exact) mass is 226 g/mol. The lowest BCUT2D eigenvalue weighted by Crippen LogP contribution is -2.63. The van der Waals surface area contributed by atoms with E-state index >= 15 is 0 Å². The van der Waals surface area contributed by atoms with Crippen molar-refractivity contribution >= 4 is 0 Å². The molecule has 3 nitrogen and oxygen atoms in total. The highest BCUT2D eigenvalue weighted by atomic mass is 16.5. The van der Waals surface area contributed by atoms with Gasteiger partial charge in [0.1, 0.15) is 0 Å². The molecule has 0 amide bonds. The number of methoxy groups -OCH3 is 1. The van der Waals surface area contributed by atoms with Gasteiger partial charge in [0.2, 0.25) is 0 Å². The predicted molar refractivity (Wildman–Crippen MR) is 66.4 cm³/mol. The van der Waals surface area contributed by atoms with Gasteiger partial charge in [0.05, 0.1) is 11.6 Å². The van der Waals surface area contributed by atoms with E-state index in [9.17, 15) is 0 Å². The van der Waals surface area contributed by atoms with E-state index < -0.39 is 0 Å². The number of hydrogen-bond donors (Lipinski definition) is 2. The fraction of sp³-hybridized carbons (Fsp3) is 1.00. The summed E-state index contributed by atoms with van der Waals surface area (Å²) in [7, 11) is 1.83. The first kappa shape index (κ1) is 12.3. The van der Waals surface area contributed by atoms with Gasteiger partial charge in [-0.1, -0.05) is 25.7 Å². The standard InChI is InChI=1S/C13H26N2O/c1-16-12-8-4-5-9-13(12,10-14)15-11-6-2-3-7-11/h11-12,15H,2-10,14H2,1H3. The van der Waals surface area contributed by atoms with Gasteiger partial charge in [-0.2, -0.15) is 0 Å². The van der Waals surface area contributed by atoms with Crippen LogP contribution in [0.5, 0.6) is 0 Å². The zero-order chi connectivity index (χ0) is 11.4. The highest BCUT2D eigenvalue weighted by Gasteiger charge is 2.41. The Balaban J connectivity index is 2.02. The van der Waals surface area contributed by atoms with Crippen LogP contribution in [-0.2, 0) is 4.74 Å². The predicted octanol–water partition coefficient (Wildman–Crippen LogP) is 1.81. The molecule has 2 atom stereocenters. The molecular weight excluding hydrogens is 200 g/mol. The molecular formula is C13H26N2O. The summed E-state index contributed by atoms with van der Waals surface area (Å²) < 4.78 is 5.67.